The highest BCUT2D eigenvalue weighted by Crippen LogP contribution is 2.15. The number of nitrogens with zero attached hydrogens (tertiary/aromatic N) is 6. The van der Waals surface area contributed by atoms with E-state index in [0.717, 1.165) is 44.0 Å². The highest BCUT2D eigenvalue weighted by molar-refractivity contribution is 5.57. The molecule has 1 fully saturated rings. The first-order chi connectivity index (χ1) is 13.3. The van der Waals surface area contributed by atoms with Gasteiger partial charge in [0.1, 0.15) is 0 Å². The maximum Gasteiger partial charge on any atom is 0.266 e. The largest absolute Gasteiger partial charge is 0.369 e. The van der Waals surface area contributed by atoms with Crippen molar-refractivity contribution >= 4 is 5.69 Å². The lowest BCUT2D eigenvalue weighted by atomic mass is 10.2. The quantitative estimate of drug-likeness (QED) is 0.686. The van der Waals surface area contributed by atoms with Crippen LogP contribution in [0.4, 0.5) is 5.69 Å². The molecule has 1 saturated heterocycles. The van der Waals surface area contributed by atoms with Gasteiger partial charge in [0, 0.05) is 74.8 Å². The number of pyridine rings is 2. The Morgan fingerprint density at radius 3 is 2.15 bits per heavy atom. The van der Waals surface area contributed by atoms with Gasteiger partial charge < -0.3 is 4.90 Å². The molecule has 3 aromatic heterocycles. The molecule has 0 bridgehead atoms. The second-order valence-electron chi connectivity index (χ2n) is 6.55. The van der Waals surface area contributed by atoms with Gasteiger partial charge in [-0.05, 0) is 30.3 Å². The Morgan fingerprint density at radius 2 is 1.44 bits per heavy atom. The predicted octanol–water partition coefficient (Wildman–Crippen LogP) is 1.52. The molecule has 0 amide bonds. The normalized spacial score (nSPS) is 15.0. The van der Waals surface area contributed by atoms with Gasteiger partial charge in [-0.1, -0.05) is 0 Å². The number of aromatic nitrogens is 4. The molecule has 4 rings (SSSR count). The Bertz CT molecular complexity index is 920. The number of rotatable bonds is 5. The molecule has 138 valence electrons. The first kappa shape index (κ1) is 17.4. The first-order valence-electron chi connectivity index (χ1n) is 9.15. The third-order valence-corrected chi connectivity index (χ3v) is 4.87. The lowest BCUT2D eigenvalue weighted by Crippen LogP contribution is -2.47. The van der Waals surface area contributed by atoms with Crippen LogP contribution in [-0.2, 0) is 6.54 Å². The maximum atomic E-state index is 12.2. The zero-order valence-electron chi connectivity index (χ0n) is 15.1. The van der Waals surface area contributed by atoms with Gasteiger partial charge in [0.25, 0.3) is 5.56 Å². The van der Waals surface area contributed by atoms with Crippen LogP contribution in [-0.4, -0.2) is 57.4 Å². The Balaban J connectivity index is 1.36. The van der Waals surface area contributed by atoms with Crippen molar-refractivity contribution in [1.29, 1.82) is 0 Å². The zero-order valence-corrected chi connectivity index (χ0v) is 15.1. The first-order valence-corrected chi connectivity index (χ1v) is 9.15. The molecule has 27 heavy (non-hydrogen) atoms. The van der Waals surface area contributed by atoms with Crippen molar-refractivity contribution in [2.75, 3.05) is 37.6 Å². The summed E-state index contributed by atoms with van der Waals surface area (Å²) >= 11 is 0. The second-order valence-corrected chi connectivity index (χ2v) is 6.55. The number of piperazine rings is 1. The Morgan fingerprint density at radius 1 is 0.778 bits per heavy atom. The highest BCUT2D eigenvalue weighted by atomic mass is 16.1. The van der Waals surface area contributed by atoms with E-state index in [1.54, 1.807) is 29.2 Å². The average Bonchev–Trinajstić information content (AvgIpc) is 2.75. The maximum absolute atomic E-state index is 12.2. The van der Waals surface area contributed by atoms with Gasteiger partial charge >= 0.3 is 0 Å². The Labute approximate surface area is 157 Å². The fourth-order valence-corrected chi connectivity index (χ4v) is 3.31. The van der Waals surface area contributed by atoms with Crippen molar-refractivity contribution < 1.29 is 0 Å². The van der Waals surface area contributed by atoms with Gasteiger partial charge in [0.05, 0.1) is 12.2 Å². The molecule has 0 unspecified atom stereocenters. The van der Waals surface area contributed by atoms with Gasteiger partial charge in [-0.15, -0.1) is 0 Å². The standard InChI is InChI=1S/C20H22N6O/c27-20-2-1-19(17-3-7-21-8-4-17)23-26(20)16-13-24-11-14-25(15-12-24)18-5-9-22-10-6-18/h1-10H,11-16H2. The summed E-state index contributed by atoms with van der Waals surface area (Å²) in [5.74, 6) is 0. The number of hydrogen-bond acceptors (Lipinski definition) is 6. The van der Waals surface area contributed by atoms with Crippen LogP contribution in [0.15, 0.2) is 66.0 Å². The van der Waals surface area contributed by atoms with Crippen LogP contribution >= 0.6 is 0 Å². The molecule has 7 nitrogen and oxygen atoms in total. The van der Waals surface area contributed by atoms with Gasteiger partial charge in [-0.25, -0.2) is 4.68 Å². The van der Waals surface area contributed by atoms with E-state index in [-0.39, 0.29) is 5.56 Å². The molecule has 0 N–H and O–H groups in total. The SMILES string of the molecule is O=c1ccc(-c2ccncc2)nn1CCN1CCN(c2ccncc2)CC1. The van der Waals surface area contributed by atoms with Gasteiger partial charge in [0.2, 0.25) is 0 Å². The molecule has 1 aliphatic rings. The second kappa shape index (κ2) is 8.09. The minimum Gasteiger partial charge on any atom is -0.369 e. The van der Waals surface area contributed by atoms with E-state index in [1.165, 1.54) is 5.69 Å². The summed E-state index contributed by atoms with van der Waals surface area (Å²) in [5, 5.41) is 4.52. The van der Waals surface area contributed by atoms with Crippen molar-refractivity contribution in [3.63, 3.8) is 0 Å². The van der Waals surface area contributed by atoms with E-state index in [2.05, 4.69) is 24.9 Å². The lowest BCUT2D eigenvalue weighted by molar-refractivity contribution is 0.243. The van der Waals surface area contributed by atoms with Crippen LogP contribution in [0.5, 0.6) is 0 Å². The third-order valence-electron chi connectivity index (χ3n) is 4.87. The predicted molar refractivity (Wildman–Crippen MR) is 105 cm³/mol. The minimum atomic E-state index is -0.0665. The molecule has 3 aromatic rings. The van der Waals surface area contributed by atoms with E-state index >= 15 is 0 Å². The van der Waals surface area contributed by atoms with E-state index < -0.39 is 0 Å². The van der Waals surface area contributed by atoms with Crippen LogP contribution in [0.1, 0.15) is 0 Å². The van der Waals surface area contributed by atoms with E-state index in [0.29, 0.717) is 6.54 Å². The van der Waals surface area contributed by atoms with Crippen molar-refractivity contribution in [1.82, 2.24) is 24.6 Å². The Hall–Kier alpha value is -3.06. The van der Waals surface area contributed by atoms with Gasteiger partial charge in [-0.3, -0.25) is 19.7 Å². The minimum absolute atomic E-state index is 0.0665. The van der Waals surface area contributed by atoms with E-state index in [1.807, 2.05) is 36.7 Å². The molecule has 0 spiro atoms. The molecule has 0 atom stereocenters. The monoisotopic (exact) mass is 362 g/mol. The van der Waals surface area contributed by atoms with Crippen LogP contribution in [0.2, 0.25) is 0 Å². The van der Waals surface area contributed by atoms with Crippen molar-refractivity contribution in [2.24, 2.45) is 0 Å². The van der Waals surface area contributed by atoms with Crippen LogP contribution < -0.4 is 10.5 Å². The number of hydrogen-bond donors (Lipinski definition) is 0. The summed E-state index contributed by atoms with van der Waals surface area (Å²) in [6.45, 7) is 5.30. The summed E-state index contributed by atoms with van der Waals surface area (Å²) in [6.07, 6.45) is 7.12. The van der Waals surface area contributed by atoms with Crippen LogP contribution in [0, 0.1) is 0 Å². The number of anilines is 1. The van der Waals surface area contributed by atoms with Gasteiger partial charge in [-0.2, -0.15) is 5.10 Å². The van der Waals surface area contributed by atoms with Crippen LogP contribution in [0.25, 0.3) is 11.3 Å². The van der Waals surface area contributed by atoms with Crippen molar-refractivity contribution in [3.05, 3.63) is 71.5 Å². The third kappa shape index (κ3) is 4.20. The topological polar surface area (TPSA) is 67.2 Å². The van der Waals surface area contributed by atoms with E-state index in [9.17, 15) is 4.79 Å². The summed E-state index contributed by atoms with van der Waals surface area (Å²) in [7, 11) is 0. The fraction of sp³-hybridized carbons (Fsp3) is 0.300. The fourth-order valence-electron chi connectivity index (χ4n) is 3.31. The summed E-state index contributed by atoms with van der Waals surface area (Å²) in [4.78, 5) is 25.0. The molecule has 7 heteroatoms. The van der Waals surface area contributed by atoms with Gasteiger partial charge in [0.15, 0.2) is 0 Å². The molecule has 0 aliphatic carbocycles. The zero-order chi connectivity index (χ0) is 18.5. The lowest BCUT2D eigenvalue weighted by Gasteiger charge is -2.36. The smallest absolute Gasteiger partial charge is 0.266 e. The average molecular weight is 362 g/mol. The van der Waals surface area contributed by atoms with Crippen molar-refractivity contribution in [3.8, 4) is 11.3 Å². The molecule has 4 heterocycles. The summed E-state index contributed by atoms with van der Waals surface area (Å²) in [5.41, 5.74) is 2.90. The van der Waals surface area contributed by atoms with Crippen molar-refractivity contribution in [2.45, 2.75) is 6.54 Å². The molecule has 0 aromatic carbocycles. The highest BCUT2D eigenvalue weighted by Gasteiger charge is 2.17. The molecular formula is C20H22N6O. The van der Waals surface area contributed by atoms with E-state index in [4.69, 9.17) is 0 Å². The molecular weight excluding hydrogens is 340 g/mol. The summed E-state index contributed by atoms with van der Waals surface area (Å²) in [6, 6.07) is 11.2. The molecule has 1 aliphatic heterocycles. The summed E-state index contributed by atoms with van der Waals surface area (Å²) < 4.78 is 1.56. The van der Waals surface area contributed by atoms with Crippen LogP contribution in [0.3, 0.4) is 0 Å². The Kier molecular flexibility index (Phi) is 5.20. The molecule has 0 saturated carbocycles. The molecule has 0 radical (unpaired) electrons.